The number of hydrogen-bond donors (Lipinski definition) is 0. The van der Waals surface area contributed by atoms with Crippen LogP contribution in [0.1, 0.15) is 64.9 Å². The van der Waals surface area contributed by atoms with Crippen LogP contribution in [0.4, 0.5) is 0 Å². The fourth-order valence-electron chi connectivity index (χ4n) is 7.67. The van der Waals surface area contributed by atoms with Gasteiger partial charge in [-0.2, -0.15) is 0 Å². The van der Waals surface area contributed by atoms with Crippen LogP contribution in [-0.4, -0.2) is 68.3 Å². The summed E-state index contributed by atoms with van der Waals surface area (Å²) in [6.07, 6.45) is 0.426. The number of carbonyl (C=O) groups is 2. The Morgan fingerprint density at radius 3 is 2.56 bits per heavy atom. The predicted molar refractivity (Wildman–Crippen MR) is 133 cm³/mol. The van der Waals surface area contributed by atoms with Crippen LogP contribution in [0.2, 0.25) is 0 Å². The standard InChI is InChI=1S/C29H30O10/c1-13-11-17-21(14(2)20-16(22(17)32-4)7-5-8-18(20)31)23-19(13)24-25-28(37-23,36-15(3)30)27(12-35-27)29(38-24,39-25)26-33-9-6-10-34-26/h11,24-26H,5-10,12H2,1-4H3/t24?,25?,27?,28?,29-/m1/s1. The number of ketones is 1. The third-order valence-corrected chi connectivity index (χ3v) is 9.19. The molecule has 0 aromatic heterocycles. The predicted octanol–water partition coefficient (Wildman–Crippen LogP) is 3.33. The Morgan fingerprint density at radius 1 is 1.10 bits per heavy atom. The second-order valence-corrected chi connectivity index (χ2v) is 11.3. The normalized spacial score (nSPS) is 36.1. The van der Waals surface area contributed by atoms with Gasteiger partial charge in [0.05, 0.1) is 26.9 Å². The molecule has 4 unspecified atom stereocenters. The first-order valence-corrected chi connectivity index (χ1v) is 13.6. The molecule has 5 atom stereocenters. The zero-order chi connectivity index (χ0) is 26.9. The summed E-state index contributed by atoms with van der Waals surface area (Å²) in [4.78, 5) is 25.8. The molecule has 1 aliphatic carbocycles. The van der Waals surface area contributed by atoms with Crippen LogP contribution in [-0.2, 0) is 39.6 Å². The monoisotopic (exact) mass is 538 g/mol. The van der Waals surface area contributed by atoms with Gasteiger partial charge in [-0.05, 0) is 50.3 Å². The molecule has 5 heterocycles. The van der Waals surface area contributed by atoms with Gasteiger partial charge in [-0.25, -0.2) is 0 Å². The number of epoxide rings is 1. The average Bonchev–Trinajstić information content (AvgIpc) is 3.57. The summed E-state index contributed by atoms with van der Waals surface area (Å²) in [5, 5.41) is 1.57. The van der Waals surface area contributed by atoms with E-state index < -0.39 is 41.6 Å². The first-order chi connectivity index (χ1) is 18.8. The number of Topliss-reactive ketones (excluding diaryl/α,β-unsaturated/α-hetero) is 1. The number of benzene rings is 2. The van der Waals surface area contributed by atoms with Gasteiger partial charge in [-0.15, -0.1) is 0 Å². The van der Waals surface area contributed by atoms with E-state index in [-0.39, 0.29) is 12.4 Å². The topological polar surface area (TPSA) is 111 Å². The highest BCUT2D eigenvalue weighted by Crippen LogP contribution is 2.72. The van der Waals surface area contributed by atoms with Crippen molar-refractivity contribution in [3.8, 4) is 11.5 Å². The minimum Gasteiger partial charge on any atom is -0.496 e. The summed E-state index contributed by atoms with van der Waals surface area (Å²) < 4.78 is 50.3. The maximum Gasteiger partial charge on any atom is 0.320 e. The zero-order valence-corrected chi connectivity index (χ0v) is 22.3. The molecule has 0 amide bonds. The molecule has 2 aromatic rings. The highest BCUT2D eigenvalue weighted by Gasteiger charge is 2.94. The molecule has 39 heavy (non-hydrogen) atoms. The lowest BCUT2D eigenvalue weighted by Gasteiger charge is -2.49. The lowest BCUT2D eigenvalue weighted by molar-refractivity contribution is -0.363. The highest BCUT2D eigenvalue weighted by atomic mass is 16.9. The molecule has 10 heteroatoms. The molecule has 2 aromatic carbocycles. The molecule has 5 aliphatic heterocycles. The van der Waals surface area contributed by atoms with Gasteiger partial charge in [0.1, 0.15) is 17.6 Å². The summed E-state index contributed by atoms with van der Waals surface area (Å²) in [5.74, 6) is -2.41. The molecule has 206 valence electrons. The molecule has 0 radical (unpaired) electrons. The molecule has 2 bridgehead atoms. The Labute approximate surface area is 224 Å². The molecule has 6 aliphatic rings. The number of esters is 1. The minimum absolute atomic E-state index is 0.0864. The second kappa shape index (κ2) is 7.70. The van der Waals surface area contributed by atoms with Crippen LogP contribution in [0.3, 0.4) is 0 Å². The Balaban J connectivity index is 1.41. The van der Waals surface area contributed by atoms with Crippen LogP contribution in [0.15, 0.2) is 6.07 Å². The lowest BCUT2D eigenvalue weighted by atomic mass is 9.77. The van der Waals surface area contributed by atoms with E-state index in [2.05, 4.69) is 6.07 Å². The van der Waals surface area contributed by atoms with Crippen molar-refractivity contribution in [2.75, 3.05) is 26.9 Å². The Kier molecular flexibility index (Phi) is 4.75. The van der Waals surface area contributed by atoms with Crippen molar-refractivity contribution in [1.82, 2.24) is 0 Å². The zero-order valence-electron chi connectivity index (χ0n) is 22.3. The van der Waals surface area contributed by atoms with Crippen molar-refractivity contribution in [3.05, 3.63) is 33.9 Å². The maximum atomic E-state index is 13.2. The molecular formula is C29H30O10. The van der Waals surface area contributed by atoms with Gasteiger partial charge < -0.3 is 37.9 Å². The van der Waals surface area contributed by atoms with E-state index in [0.717, 1.165) is 52.3 Å². The number of carbonyl (C=O) groups excluding carboxylic acids is 2. The van der Waals surface area contributed by atoms with Gasteiger partial charge in [-0.3, -0.25) is 9.59 Å². The molecule has 10 nitrogen and oxygen atoms in total. The van der Waals surface area contributed by atoms with E-state index in [9.17, 15) is 9.59 Å². The number of ether oxygens (including phenoxy) is 8. The number of hydrogen-bond acceptors (Lipinski definition) is 10. The number of aryl methyl sites for hydroxylation is 2. The number of rotatable bonds is 3. The van der Waals surface area contributed by atoms with Gasteiger partial charge in [0.2, 0.25) is 11.9 Å². The largest absolute Gasteiger partial charge is 0.496 e. The molecule has 1 spiro atoms. The molecular weight excluding hydrogens is 508 g/mol. The Bertz CT molecular complexity index is 1470. The van der Waals surface area contributed by atoms with Crippen LogP contribution >= 0.6 is 0 Å². The fraction of sp³-hybridized carbons (Fsp3) is 0.586. The van der Waals surface area contributed by atoms with Gasteiger partial charge in [0.15, 0.2) is 11.9 Å². The van der Waals surface area contributed by atoms with Crippen molar-refractivity contribution in [2.24, 2.45) is 0 Å². The number of methoxy groups -OCH3 is 1. The van der Waals surface area contributed by atoms with Crippen molar-refractivity contribution in [2.45, 2.75) is 82.1 Å². The molecule has 0 N–H and O–H groups in total. The Morgan fingerprint density at radius 2 is 1.87 bits per heavy atom. The third-order valence-electron chi connectivity index (χ3n) is 9.19. The summed E-state index contributed by atoms with van der Waals surface area (Å²) in [7, 11) is 1.63. The minimum atomic E-state index is -1.64. The molecule has 0 saturated carbocycles. The van der Waals surface area contributed by atoms with E-state index in [0.29, 0.717) is 36.7 Å². The van der Waals surface area contributed by atoms with Crippen LogP contribution in [0, 0.1) is 13.8 Å². The molecule has 4 fully saturated rings. The van der Waals surface area contributed by atoms with Crippen molar-refractivity contribution >= 4 is 22.5 Å². The smallest absolute Gasteiger partial charge is 0.320 e. The van der Waals surface area contributed by atoms with Crippen LogP contribution in [0.5, 0.6) is 11.5 Å². The van der Waals surface area contributed by atoms with Gasteiger partial charge in [-0.1, -0.05) is 0 Å². The van der Waals surface area contributed by atoms with E-state index in [1.54, 1.807) is 7.11 Å². The molecule has 4 saturated heterocycles. The Hall–Kier alpha value is -2.76. The van der Waals surface area contributed by atoms with Crippen LogP contribution < -0.4 is 9.47 Å². The molecule has 8 rings (SSSR count). The highest BCUT2D eigenvalue weighted by molar-refractivity contribution is 6.09. The second-order valence-electron chi connectivity index (χ2n) is 11.3. The van der Waals surface area contributed by atoms with Crippen molar-refractivity contribution < 1.29 is 47.5 Å². The van der Waals surface area contributed by atoms with E-state index in [1.807, 2.05) is 13.8 Å². The SMILES string of the molecule is COc1c2c(c(C)c3c4c(c(C)cc13)C1O[C@]3(C5OCCCO5)OC1C(OC(C)=O)(O4)C31CO1)C(=O)CCC2. The van der Waals surface area contributed by atoms with Crippen molar-refractivity contribution in [3.63, 3.8) is 0 Å². The van der Waals surface area contributed by atoms with Crippen LogP contribution in [0.25, 0.3) is 10.8 Å². The van der Waals surface area contributed by atoms with E-state index in [4.69, 9.17) is 37.9 Å². The first kappa shape index (κ1) is 24.1. The summed E-state index contributed by atoms with van der Waals surface area (Å²) in [6.45, 7) is 6.39. The lowest BCUT2D eigenvalue weighted by Crippen LogP contribution is -2.71. The maximum absolute atomic E-state index is 13.2. The first-order valence-electron chi connectivity index (χ1n) is 13.6. The quantitative estimate of drug-likeness (QED) is 0.426. The van der Waals surface area contributed by atoms with E-state index >= 15 is 0 Å². The van der Waals surface area contributed by atoms with Crippen molar-refractivity contribution in [1.29, 1.82) is 0 Å². The summed E-state index contributed by atoms with van der Waals surface area (Å²) in [6, 6.07) is 2.06. The summed E-state index contributed by atoms with van der Waals surface area (Å²) >= 11 is 0. The number of fused-ring (bicyclic) bond motifs is 8. The summed E-state index contributed by atoms with van der Waals surface area (Å²) in [5.41, 5.74) is 2.81. The third kappa shape index (κ3) is 2.69. The fourth-order valence-corrected chi connectivity index (χ4v) is 7.67. The van der Waals surface area contributed by atoms with Gasteiger partial charge >= 0.3 is 11.8 Å². The van der Waals surface area contributed by atoms with Gasteiger partial charge in [0.25, 0.3) is 5.79 Å². The average molecular weight is 539 g/mol. The van der Waals surface area contributed by atoms with E-state index in [1.165, 1.54) is 6.92 Å². The van der Waals surface area contributed by atoms with Gasteiger partial charge in [0, 0.05) is 40.8 Å².